The van der Waals surface area contributed by atoms with Crippen LogP contribution in [-0.2, 0) is 0 Å². The lowest BCUT2D eigenvalue weighted by Crippen LogP contribution is -2.48. The fourth-order valence-electron chi connectivity index (χ4n) is 3.47. The van der Waals surface area contributed by atoms with Gasteiger partial charge in [-0.1, -0.05) is 17.4 Å². The monoisotopic (exact) mass is 413 g/mol. The Labute approximate surface area is 173 Å². The number of fused-ring (bicyclic) bond motifs is 1. The summed E-state index contributed by atoms with van der Waals surface area (Å²) in [6.45, 7) is 2.75. The van der Waals surface area contributed by atoms with Crippen molar-refractivity contribution in [2.45, 2.75) is 0 Å². The second-order valence-electron chi connectivity index (χ2n) is 6.66. The van der Waals surface area contributed by atoms with Gasteiger partial charge in [-0.3, -0.25) is 4.79 Å². The zero-order valence-electron chi connectivity index (χ0n) is 16.7. The quantitative estimate of drug-likeness (QED) is 0.640. The molecule has 7 nitrogen and oxygen atoms in total. The van der Waals surface area contributed by atoms with Crippen LogP contribution in [0.4, 0.5) is 5.13 Å². The highest BCUT2D eigenvalue weighted by Crippen LogP contribution is 2.40. The van der Waals surface area contributed by atoms with Crippen LogP contribution in [0.25, 0.3) is 10.2 Å². The van der Waals surface area contributed by atoms with E-state index in [1.807, 2.05) is 35.2 Å². The van der Waals surface area contributed by atoms with Crippen molar-refractivity contribution in [3.05, 3.63) is 42.0 Å². The smallest absolute Gasteiger partial charge is 0.254 e. The van der Waals surface area contributed by atoms with E-state index in [1.165, 1.54) is 0 Å². The van der Waals surface area contributed by atoms with E-state index in [2.05, 4.69) is 4.90 Å². The van der Waals surface area contributed by atoms with Gasteiger partial charge in [0.15, 0.2) is 16.6 Å². The standard InChI is InChI=1S/C21H23N3O4S/c1-26-15-6-4-5-14(13-15)20(25)23-9-11-24(12-10-23)21-22-18-17(29-21)8-7-16(27-2)19(18)28-3/h4-8,13H,9-12H2,1-3H3. The molecular formula is C21H23N3O4S. The Morgan fingerprint density at radius 1 is 1.00 bits per heavy atom. The topological polar surface area (TPSA) is 64.1 Å². The number of thiazole rings is 1. The molecule has 0 radical (unpaired) electrons. The largest absolute Gasteiger partial charge is 0.497 e. The lowest BCUT2D eigenvalue weighted by Gasteiger charge is -2.34. The number of piperazine rings is 1. The van der Waals surface area contributed by atoms with Crippen LogP contribution in [0.15, 0.2) is 36.4 Å². The van der Waals surface area contributed by atoms with Crippen molar-refractivity contribution in [2.75, 3.05) is 52.4 Å². The fraction of sp³-hybridized carbons (Fsp3) is 0.333. The van der Waals surface area contributed by atoms with Gasteiger partial charge in [0.25, 0.3) is 5.91 Å². The average molecular weight is 413 g/mol. The number of carbonyl (C=O) groups excluding carboxylic acids is 1. The molecule has 152 valence electrons. The lowest BCUT2D eigenvalue weighted by molar-refractivity contribution is 0.0746. The Balaban J connectivity index is 1.49. The summed E-state index contributed by atoms with van der Waals surface area (Å²) >= 11 is 1.62. The van der Waals surface area contributed by atoms with Crippen molar-refractivity contribution >= 4 is 32.6 Å². The molecule has 1 saturated heterocycles. The number of rotatable bonds is 5. The van der Waals surface area contributed by atoms with Crippen LogP contribution in [-0.4, -0.2) is 63.3 Å². The number of methoxy groups -OCH3 is 3. The van der Waals surface area contributed by atoms with Crippen molar-refractivity contribution in [1.29, 1.82) is 0 Å². The fourth-order valence-corrected chi connectivity index (χ4v) is 4.49. The van der Waals surface area contributed by atoms with Crippen LogP contribution in [0.2, 0.25) is 0 Å². The molecular weight excluding hydrogens is 390 g/mol. The summed E-state index contributed by atoms with van der Waals surface area (Å²) in [5.41, 5.74) is 1.45. The first-order valence-electron chi connectivity index (χ1n) is 9.34. The van der Waals surface area contributed by atoms with Gasteiger partial charge in [-0.15, -0.1) is 0 Å². The highest BCUT2D eigenvalue weighted by Gasteiger charge is 2.25. The third kappa shape index (κ3) is 3.67. The third-order valence-corrected chi connectivity index (χ3v) is 6.13. The van der Waals surface area contributed by atoms with E-state index in [9.17, 15) is 4.79 Å². The molecule has 0 unspecified atom stereocenters. The van der Waals surface area contributed by atoms with E-state index in [-0.39, 0.29) is 5.91 Å². The number of hydrogen-bond acceptors (Lipinski definition) is 7. The molecule has 0 spiro atoms. The number of hydrogen-bond donors (Lipinski definition) is 0. The van der Waals surface area contributed by atoms with Crippen molar-refractivity contribution < 1.29 is 19.0 Å². The molecule has 3 aromatic rings. The normalized spacial score (nSPS) is 14.2. The molecule has 1 fully saturated rings. The zero-order chi connectivity index (χ0) is 20.4. The maximum absolute atomic E-state index is 12.8. The van der Waals surface area contributed by atoms with E-state index >= 15 is 0 Å². The van der Waals surface area contributed by atoms with Gasteiger partial charge in [0.05, 0.1) is 26.0 Å². The minimum Gasteiger partial charge on any atom is -0.497 e. The highest BCUT2D eigenvalue weighted by atomic mass is 32.1. The minimum atomic E-state index is 0.0271. The summed E-state index contributed by atoms with van der Waals surface area (Å²) in [7, 11) is 4.85. The first-order chi connectivity index (χ1) is 14.1. The first-order valence-corrected chi connectivity index (χ1v) is 10.2. The van der Waals surface area contributed by atoms with Gasteiger partial charge >= 0.3 is 0 Å². The lowest BCUT2D eigenvalue weighted by atomic mass is 10.1. The van der Waals surface area contributed by atoms with Crippen molar-refractivity contribution in [1.82, 2.24) is 9.88 Å². The summed E-state index contributed by atoms with van der Waals surface area (Å²) in [6, 6.07) is 11.2. The maximum Gasteiger partial charge on any atom is 0.254 e. The van der Waals surface area contributed by atoms with Crippen LogP contribution in [0.3, 0.4) is 0 Å². The molecule has 0 atom stereocenters. The second-order valence-corrected chi connectivity index (χ2v) is 7.66. The summed E-state index contributed by atoms with van der Waals surface area (Å²) in [5.74, 6) is 2.04. The second kappa shape index (κ2) is 8.16. The van der Waals surface area contributed by atoms with E-state index in [4.69, 9.17) is 19.2 Å². The molecule has 1 amide bonds. The molecule has 2 aromatic carbocycles. The first kappa shape index (κ1) is 19.3. The third-order valence-electron chi connectivity index (χ3n) is 5.05. The van der Waals surface area contributed by atoms with Gasteiger partial charge in [-0.2, -0.15) is 0 Å². The van der Waals surface area contributed by atoms with Gasteiger partial charge in [0.2, 0.25) is 0 Å². The van der Waals surface area contributed by atoms with Crippen molar-refractivity contribution in [2.24, 2.45) is 0 Å². The molecule has 2 heterocycles. The summed E-state index contributed by atoms with van der Waals surface area (Å²) < 4.78 is 17.2. The Morgan fingerprint density at radius 3 is 2.48 bits per heavy atom. The zero-order valence-corrected chi connectivity index (χ0v) is 17.5. The van der Waals surface area contributed by atoms with E-state index in [0.717, 1.165) is 28.4 Å². The van der Waals surface area contributed by atoms with E-state index in [0.29, 0.717) is 35.9 Å². The number of anilines is 1. The summed E-state index contributed by atoms with van der Waals surface area (Å²) in [6.07, 6.45) is 0. The number of nitrogens with zero attached hydrogens (tertiary/aromatic N) is 3. The minimum absolute atomic E-state index is 0.0271. The molecule has 0 aliphatic carbocycles. The van der Waals surface area contributed by atoms with E-state index in [1.54, 1.807) is 38.7 Å². The van der Waals surface area contributed by atoms with Crippen LogP contribution < -0.4 is 19.1 Å². The van der Waals surface area contributed by atoms with Crippen LogP contribution >= 0.6 is 11.3 Å². The molecule has 29 heavy (non-hydrogen) atoms. The average Bonchev–Trinajstić information content (AvgIpc) is 3.22. The predicted octanol–water partition coefficient (Wildman–Crippen LogP) is 3.28. The summed E-state index contributed by atoms with van der Waals surface area (Å²) in [4.78, 5) is 21.7. The van der Waals surface area contributed by atoms with Crippen LogP contribution in [0.5, 0.6) is 17.2 Å². The molecule has 8 heteroatoms. The summed E-state index contributed by atoms with van der Waals surface area (Å²) in [5, 5.41) is 0.931. The highest BCUT2D eigenvalue weighted by molar-refractivity contribution is 7.22. The van der Waals surface area contributed by atoms with Gasteiger partial charge in [-0.25, -0.2) is 4.98 Å². The number of benzene rings is 2. The van der Waals surface area contributed by atoms with Gasteiger partial charge in [-0.05, 0) is 30.3 Å². The number of ether oxygens (including phenoxy) is 3. The Bertz CT molecular complexity index is 1030. The molecule has 0 saturated carbocycles. The Kier molecular flexibility index (Phi) is 5.44. The number of aromatic nitrogens is 1. The van der Waals surface area contributed by atoms with Gasteiger partial charge in [0.1, 0.15) is 11.3 Å². The molecule has 0 N–H and O–H groups in total. The van der Waals surface area contributed by atoms with Crippen LogP contribution in [0, 0.1) is 0 Å². The number of amides is 1. The van der Waals surface area contributed by atoms with Gasteiger partial charge in [0, 0.05) is 31.7 Å². The molecule has 4 rings (SSSR count). The SMILES string of the molecule is COc1cccc(C(=O)N2CCN(c3nc4c(OC)c(OC)ccc4s3)CC2)c1. The van der Waals surface area contributed by atoms with Gasteiger partial charge < -0.3 is 24.0 Å². The number of carbonyl (C=O) groups is 1. The molecule has 1 aliphatic rings. The van der Waals surface area contributed by atoms with Crippen molar-refractivity contribution in [3.8, 4) is 17.2 Å². The van der Waals surface area contributed by atoms with E-state index < -0.39 is 0 Å². The van der Waals surface area contributed by atoms with Crippen LogP contribution in [0.1, 0.15) is 10.4 Å². The maximum atomic E-state index is 12.8. The predicted molar refractivity (Wildman–Crippen MR) is 114 cm³/mol. The Hall–Kier alpha value is -3.00. The molecule has 1 aromatic heterocycles. The molecule has 1 aliphatic heterocycles. The molecule has 0 bridgehead atoms. The Morgan fingerprint density at radius 2 is 1.79 bits per heavy atom. The van der Waals surface area contributed by atoms with Crippen molar-refractivity contribution in [3.63, 3.8) is 0 Å².